The first-order valence-electron chi connectivity index (χ1n) is 9.67. The number of rotatable bonds is 11. The molecule has 0 bridgehead atoms. The zero-order chi connectivity index (χ0) is 21.2. The molecular weight excluding hydrogens is 365 g/mol. The van der Waals surface area contributed by atoms with Gasteiger partial charge in [0.05, 0.1) is 11.4 Å². The molecule has 0 saturated carbocycles. The van der Waals surface area contributed by atoms with Gasteiger partial charge in [0.25, 0.3) is 0 Å². The van der Waals surface area contributed by atoms with Crippen molar-refractivity contribution >= 4 is 23.3 Å². The lowest BCUT2D eigenvalue weighted by Gasteiger charge is -2.13. The van der Waals surface area contributed by atoms with Crippen molar-refractivity contribution in [1.29, 1.82) is 10.8 Å². The third-order valence-corrected chi connectivity index (χ3v) is 4.51. The quantitative estimate of drug-likeness (QED) is 0.256. The minimum atomic E-state index is -0.248. The van der Waals surface area contributed by atoms with Crippen LogP contribution in [0.15, 0.2) is 65.5 Å². The summed E-state index contributed by atoms with van der Waals surface area (Å²) in [5.74, 6) is 0.388. The van der Waals surface area contributed by atoms with Crippen molar-refractivity contribution in [3.63, 3.8) is 0 Å². The van der Waals surface area contributed by atoms with E-state index in [0.29, 0.717) is 18.0 Å². The predicted octanol–water partition coefficient (Wildman–Crippen LogP) is 4.59. The van der Waals surface area contributed by atoms with Gasteiger partial charge in [0.2, 0.25) is 0 Å². The molecule has 2 rings (SSSR count). The molecule has 0 atom stereocenters. The van der Waals surface area contributed by atoms with Gasteiger partial charge in [-0.3, -0.25) is 5.41 Å². The van der Waals surface area contributed by atoms with E-state index in [9.17, 15) is 4.39 Å². The van der Waals surface area contributed by atoms with Crippen LogP contribution in [0.2, 0.25) is 0 Å². The van der Waals surface area contributed by atoms with Crippen molar-refractivity contribution < 1.29 is 4.39 Å². The summed E-state index contributed by atoms with van der Waals surface area (Å²) in [6.45, 7) is 6.57. The van der Waals surface area contributed by atoms with E-state index < -0.39 is 0 Å². The van der Waals surface area contributed by atoms with Crippen LogP contribution in [0.3, 0.4) is 0 Å². The van der Waals surface area contributed by atoms with Crippen molar-refractivity contribution in [1.82, 2.24) is 10.6 Å². The highest BCUT2D eigenvalue weighted by molar-refractivity contribution is 6.15. The van der Waals surface area contributed by atoms with Gasteiger partial charge in [-0.1, -0.05) is 32.1 Å². The lowest BCUT2D eigenvalue weighted by Crippen LogP contribution is -2.24. The van der Waals surface area contributed by atoms with Crippen molar-refractivity contribution in [3.8, 4) is 0 Å². The highest BCUT2D eigenvalue weighted by Gasteiger charge is 2.25. The van der Waals surface area contributed by atoms with E-state index in [2.05, 4.69) is 29.1 Å². The summed E-state index contributed by atoms with van der Waals surface area (Å²) >= 11 is 0. The maximum atomic E-state index is 13.4. The van der Waals surface area contributed by atoms with E-state index in [0.717, 1.165) is 47.9 Å². The summed E-state index contributed by atoms with van der Waals surface area (Å²) in [7, 11) is 1.72. The Hall–Kier alpha value is -3.28. The number of amidine groups is 1. The largest absolute Gasteiger partial charge is 0.386 e. The number of hydrogen-bond acceptors (Lipinski definition) is 4. The molecule has 0 aromatic heterocycles. The van der Waals surface area contributed by atoms with Gasteiger partial charge in [-0.2, -0.15) is 0 Å². The molecule has 0 saturated heterocycles. The van der Waals surface area contributed by atoms with Crippen molar-refractivity contribution in [2.75, 3.05) is 13.6 Å². The van der Waals surface area contributed by atoms with Gasteiger partial charge in [-0.15, -0.1) is 0 Å². The molecule has 5 nitrogen and oxygen atoms in total. The number of unbranched alkanes of at least 4 members (excludes halogenated alkanes) is 1. The van der Waals surface area contributed by atoms with Gasteiger partial charge in [-0.05, 0) is 59.4 Å². The SMILES string of the molecule is C=C/N=C(\C=C(/C/C=C1\c2ccc(F)cc21)C(=N)/C(=C/C=N)NC)NCCCC. The summed E-state index contributed by atoms with van der Waals surface area (Å²) in [4.78, 5) is 4.28. The van der Waals surface area contributed by atoms with E-state index in [1.54, 1.807) is 19.2 Å². The lowest BCUT2D eigenvalue weighted by molar-refractivity contribution is 0.628. The fourth-order valence-electron chi connectivity index (χ4n) is 2.92. The molecular formula is C23H28FN5. The van der Waals surface area contributed by atoms with Gasteiger partial charge in [0, 0.05) is 26.0 Å². The number of benzene rings is 1. The summed E-state index contributed by atoms with van der Waals surface area (Å²) < 4.78 is 13.4. The number of nitrogens with one attached hydrogen (secondary N) is 4. The fourth-order valence-corrected chi connectivity index (χ4v) is 2.92. The van der Waals surface area contributed by atoms with E-state index in [-0.39, 0.29) is 11.5 Å². The van der Waals surface area contributed by atoms with E-state index in [4.69, 9.17) is 10.8 Å². The molecule has 1 aromatic rings. The molecule has 6 heteroatoms. The standard InChI is InChI=1S/C23H28FN5/c1-4-6-13-29-22(28-5-2)14-16(23(26)21(27-3)11-12-25)7-9-18-19-10-8-17(24)15-20(18)19/h5,8-12,14-15,25-27H,2,4,6-7,13H2,1,3H3,(H,28,29)/b16-14+,18-9+,21-11-,25-12?,26-23?. The Morgan fingerprint density at radius 2 is 2.10 bits per heavy atom. The molecule has 152 valence electrons. The first-order chi connectivity index (χ1) is 14.0. The Balaban J connectivity index is 2.31. The van der Waals surface area contributed by atoms with Gasteiger partial charge >= 0.3 is 0 Å². The van der Waals surface area contributed by atoms with Gasteiger partial charge in [0.15, 0.2) is 0 Å². The number of fused-ring (bicyclic) bond motifs is 1. The van der Waals surface area contributed by atoms with Crippen LogP contribution in [-0.4, -0.2) is 31.4 Å². The second kappa shape index (κ2) is 10.9. The van der Waals surface area contributed by atoms with Gasteiger partial charge in [0.1, 0.15) is 11.7 Å². The predicted molar refractivity (Wildman–Crippen MR) is 120 cm³/mol. The molecule has 0 aliphatic heterocycles. The number of aliphatic imine (C=N–C) groups is 1. The minimum absolute atomic E-state index is 0.248. The molecule has 0 fully saturated rings. The molecule has 4 N–H and O–H groups in total. The molecule has 1 aromatic carbocycles. The maximum Gasteiger partial charge on any atom is 0.126 e. The fraction of sp³-hybridized carbons (Fsp3) is 0.261. The average Bonchev–Trinajstić information content (AvgIpc) is 3.40. The van der Waals surface area contributed by atoms with Crippen LogP contribution in [0.5, 0.6) is 0 Å². The molecule has 29 heavy (non-hydrogen) atoms. The second-order valence-corrected chi connectivity index (χ2v) is 6.53. The topological polar surface area (TPSA) is 84.1 Å². The third-order valence-electron chi connectivity index (χ3n) is 4.51. The molecule has 0 spiro atoms. The highest BCUT2D eigenvalue weighted by atomic mass is 19.1. The monoisotopic (exact) mass is 393 g/mol. The van der Waals surface area contributed by atoms with Crippen LogP contribution in [0.4, 0.5) is 4.39 Å². The molecule has 0 radical (unpaired) electrons. The van der Waals surface area contributed by atoms with Crippen molar-refractivity contribution in [2.45, 2.75) is 26.2 Å². The van der Waals surface area contributed by atoms with Gasteiger partial charge < -0.3 is 16.0 Å². The Morgan fingerprint density at radius 1 is 1.31 bits per heavy atom. The average molecular weight is 394 g/mol. The molecule has 0 amide bonds. The Bertz CT molecular complexity index is 906. The highest BCUT2D eigenvalue weighted by Crippen LogP contribution is 2.43. The van der Waals surface area contributed by atoms with Crippen LogP contribution in [-0.2, 0) is 0 Å². The third kappa shape index (κ3) is 6.10. The van der Waals surface area contributed by atoms with Crippen LogP contribution < -0.4 is 10.6 Å². The Labute approximate surface area is 171 Å². The van der Waals surface area contributed by atoms with Crippen LogP contribution in [0.1, 0.15) is 37.3 Å². The van der Waals surface area contributed by atoms with E-state index >= 15 is 0 Å². The molecule has 1 aliphatic carbocycles. The molecule has 1 aliphatic rings. The summed E-state index contributed by atoms with van der Waals surface area (Å²) in [5.41, 5.74) is 4.51. The van der Waals surface area contributed by atoms with Gasteiger partial charge in [-0.25, -0.2) is 9.38 Å². The summed E-state index contributed by atoms with van der Waals surface area (Å²) in [6.07, 6.45) is 10.5. The normalized spacial score (nSPS) is 15.0. The van der Waals surface area contributed by atoms with Crippen LogP contribution in [0, 0.1) is 16.6 Å². The van der Waals surface area contributed by atoms with Crippen LogP contribution in [0.25, 0.3) is 5.57 Å². The van der Waals surface area contributed by atoms with Crippen molar-refractivity contribution in [2.24, 2.45) is 4.99 Å². The Morgan fingerprint density at radius 3 is 2.72 bits per heavy atom. The van der Waals surface area contributed by atoms with E-state index in [1.807, 2.05) is 12.2 Å². The smallest absolute Gasteiger partial charge is 0.126 e. The second-order valence-electron chi connectivity index (χ2n) is 6.53. The zero-order valence-corrected chi connectivity index (χ0v) is 17.0. The Kier molecular flexibility index (Phi) is 8.27. The molecule has 0 heterocycles. The minimum Gasteiger partial charge on any atom is -0.386 e. The first-order valence-corrected chi connectivity index (χ1v) is 9.67. The van der Waals surface area contributed by atoms with Crippen LogP contribution >= 0.6 is 0 Å². The molecule has 0 unspecified atom stereocenters. The summed E-state index contributed by atoms with van der Waals surface area (Å²) in [6, 6.07) is 4.76. The maximum absolute atomic E-state index is 13.4. The first kappa shape index (κ1) is 22.0. The number of allylic oxidation sites excluding steroid dienone is 3. The number of hydrogen-bond donors (Lipinski definition) is 4. The van der Waals surface area contributed by atoms with Crippen molar-refractivity contribution in [3.05, 3.63) is 77.4 Å². The lowest BCUT2D eigenvalue weighted by atomic mass is 10.0. The number of halogens is 1. The zero-order valence-electron chi connectivity index (χ0n) is 17.0. The number of nitrogens with zero attached hydrogens (tertiary/aromatic N) is 1. The van der Waals surface area contributed by atoms with E-state index in [1.165, 1.54) is 18.3 Å². The summed E-state index contributed by atoms with van der Waals surface area (Å²) in [5, 5.41) is 22.2.